The summed E-state index contributed by atoms with van der Waals surface area (Å²) in [5.41, 5.74) is 1.04. The quantitative estimate of drug-likeness (QED) is 0.842. The highest BCUT2D eigenvalue weighted by Gasteiger charge is 2.37. The van der Waals surface area contributed by atoms with Gasteiger partial charge in [0, 0.05) is 0 Å². The fourth-order valence-electron chi connectivity index (χ4n) is 2.43. The van der Waals surface area contributed by atoms with Crippen LogP contribution in [0.15, 0.2) is 47.4 Å². The Bertz CT molecular complexity index is 878. The first-order valence-electron chi connectivity index (χ1n) is 7.33. The molecule has 6 nitrogen and oxygen atoms in total. The fraction of sp³-hybridized carbons (Fsp3) is 0.111. The van der Waals surface area contributed by atoms with Crippen LogP contribution in [0.5, 0.6) is 17.2 Å². The lowest BCUT2D eigenvalue weighted by atomic mass is 10.2. The minimum absolute atomic E-state index is 0.00164. The minimum atomic E-state index is -0.424. The highest BCUT2D eigenvalue weighted by Crippen LogP contribution is 2.40. The van der Waals surface area contributed by atoms with Gasteiger partial charge >= 0.3 is 0 Å². The summed E-state index contributed by atoms with van der Waals surface area (Å²) in [6, 6.07) is 11.5. The van der Waals surface area contributed by atoms with E-state index < -0.39 is 11.1 Å². The van der Waals surface area contributed by atoms with E-state index >= 15 is 0 Å². The number of hydrogen-bond donors (Lipinski definition) is 1. The van der Waals surface area contributed by atoms with Crippen molar-refractivity contribution in [1.29, 1.82) is 0 Å². The molecule has 1 aliphatic rings. The van der Waals surface area contributed by atoms with Crippen LogP contribution in [0.1, 0.15) is 5.56 Å². The normalized spacial score (nSPS) is 15.8. The number of benzene rings is 2. The molecule has 0 aliphatic carbocycles. The van der Waals surface area contributed by atoms with E-state index in [1.807, 2.05) is 0 Å². The molecule has 128 valence electrons. The van der Waals surface area contributed by atoms with Gasteiger partial charge < -0.3 is 14.6 Å². The van der Waals surface area contributed by atoms with Crippen LogP contribution >= 0.6 is 11.8 Å². The number of hydrogen-bond acceptors (Lipinski definition) is 6. The number of imide groups is 1. The van der Waals surface area contributed by atoms with Crippen LogP contribution in [0.3, 0.4) is 0 Å². The lowest BCUT2D eigenvalue weighted by Gasteiger charge is -2.15. The number of anilines is 1. The van der Waals surface area contributed by atoms with Gasteiger partial charge in [0.2, 0.25) is 0 Å². The number of nitrogens with zero attached hydrogens (tertiary/aromatic N) is 1. The van der Waals surface area contributed by atoms with Gasteiger partial charge in [-0.05, 0) is 47.7 Å². The minimum Gasteiger partial charge on any atom is -0.504 e. The van der Waals surface area contributed by atoms with Crippen molar-refractivity contribution in [3.05, 3.63) is 52.9 Å². The van der Waals surface area contributed by atoms with Gasteiger partial charge in [-0.3, -0.25) is 9.59 Å². The zero-order chi connectivity index (χ0) is 18.0. The van der Waals surface area contributed by atoms with E-state index in [1.54, 1.807) is 42.5 Å². The van der Waals surface area contributed by atoms with Crippen LogP contribution in [0, 0.1) is 0 Å². The highest BCUT2D eigenvalue weighted by molar-refractivity contribution is 8.19. The smallest absolute Gasteiger partial charge is 0.298 e. The van der Waals surface area contributed by atoms with Crippen molar-refractivity contribution >= 4 is 34.7 Å². The van der Waals surface area contributed by atoms with E-state index in [0.717, 1.165) is 16.7 Å². The van der Waals surface area contributed by atoms with Gasteiger partial charge in [0.15, 0.2) is 11.5 Å². The molecule has 0 saturated carbocycles. The molecule has 1 saturated heterocycles. The molecular weight excluding hydrogens is 342 g/mol. The number of thioether (sulfide) groups is 1. The zero-order valence-electron chi connectivity index (χ0n) is 13.6. The Hall–Kier alpha value is -2.93. The molecule has 3 rings (SSSR count). The average molecular weight is 357 g/mol. The van der Waals surface area contributed by atoms with Crippen LogP contribution < -0.4 is 14.4 Å². The summed E-state index contributed by atoms with van der Waals surface area (Å²) in [5.74, 6) is 0.309. The van der Waals surface area contributed by atoms with Crippen molar-refractivity contribution in [2.24, 2.45) is 0 Å². The molecule has 7 heteroatoms. The number of carbonyl (C=O) groups is 2. The first-order chi connectivity index (χ1) is 12.0. The lowest BCUT2D eigenvalue weighted by Crippen LogP contribution is -2.28. The van der Waals surface area contributed by atoms with Crippen molar-refractivity contribution in [3.8, 4) is 17.2 Å². The predicted molar refractivity (Wildman–Crippen MR) is 96.1 cm³/mol. The second-order valence-corrected chi connectivity index (χ2v) is 6.11. The van der Waals surface area contributed by atoms with Gasteiger partial charge in [0.1, 0.15) is 5.75 Å². The topological polar surface area (TPSA) is 76.1 Å². The third kappa shape index (κ3) is 3.18. The number of para-hydroxylation sites is 2. The van der Waals surface area contributed by atoms with Crippen molar-refractivity contribution in [2.45, 2.75) is 0 Å². The SMILES string of the molecule is COc1cc(C=C2SC(=O)N(c3ccccc3OC)C2=O)ccc1O. The summed E-state index contributed by atoms with van der Waals surface area (Å²) in [7, 11) is 2.92. The average Bonchev–Trinajstić information content (AvgIpc) is 2.90. The van der Waals surface area contributed by atoms with Crippen molar-refractivity contribution in [3.63, 3.8) is 0 Å². The van der Waals surface area contributed by atoms with Crippen molar-refractivity contribution in [2.75, 3.05) is 19.1 Å². The zero-order valence-corrected chi connectivity index (χ0v) is 14.4. The van der Waals surface area contributed by atoms with E-state index in [2.05, 4.69) is 0 Å². The molecule has 0 spiro atoms. The first-order valence-corrected chi connectivity index (χ1v) is 8.14. The Balaban J connectivity index is 1.96. The number of methoxy groups -OCH3 is 2. The molecule has 1 heterocycles. The Morgan fingerprint density at radius 1 is 1.04 bits per heavy atom. The molecule has 0 aromatic heterocycles. The molecule has 0 bridgehead atoms. The second-order valence-electron chi connectivity index (χ2n) is 5.12. The van der Waals surface area contributed by atoms with Crippen LogP contribution in [-0.4, -0.2) is 30.5 Å². The third-order valence-electron chi connectivity index (χ3n) is 3.62. The lowest BCUT2D eigenvalue weighted by molar-refractivity contribution is -0.113. The first kappa shape index (κ1) is 16.9. The highest BCUT2D eigenvalue weighted by atomic mass is 32.2. The Morgan fingerprint density at radius 3 is 2.48 bits per heavy atom. The largest absolute Gasteiger partial charge is 0.504 e. The second kappa shape index (κ2) is 6.90. The van der Waals surface area contributed by atoms with E-state index in [-0.39, 0.29) is 16.4 Å². The molecule has 2 aromatic carbocycles. The number of rotatable bonds is 4. The van der Waals surface area contributed by atoms with Gasteiger partial charge in [-0.25, -0.2) is 4.90 Å². The number of aromatic hydroxyl groups is 1. The van der Waals surface area contributed by atoms with E-state index in [0.29, 0.717) is 17.0 Å². The van der Waals surface area contributed by atoms with Crippen LogP contribution in [0.4, 0.5) is 10.5 Å². The van der Waals surface area contributed by atoms with Gasteiger partial charge in [-0.2, -0.15) is 0 Å². The maximum Gasteiger partial charge on any atom is 0.298 e. The molecule has 1 N–H and O–H groups in total. The Kier molecular flexibility index (Phi) is 4.67. The Labute approximate surface area is 148 Å². The summed E-state index contributed by atoms with van der Waals surface area (Å²) in [6.45, 7) is 0. The fourth-order valence-corrected chi connectivity index (χ4v) is 3.26. The summed E-state index contributed by atoms with van der Waals surface area (Å²) >= 11 is 0.848. The van der Waals surface area contributed by atoms with E-state index in [9.17, 15) is 14.7 Å². The summed E-state index contributed by atoms with van der Waals surface area (Å²) in [6.07, 6.45) is 1.59. The molecule has 0 atom stereocenters. The van der Waals surface area contributed by atoms with Crippen molar-refractivity contribution < 1.29 is 24.2 Å². The third-order valence-corrected chi connectivity index (χ3v) is 4.49. The van der Waals surface area contributed by atoms with Crippen molar-refractivity contribution in [1.82, 2.24) is 0 Å². The number of carbonyl (C=O) groups excluding carboxylic acids is 2. The number of phenols is 1. The van der Waals surface area contributed by atoms with Gasteiger partial charge in [-0.15, -0.1) is 0 Å². The van der Waals surface area contributed by atoms with E-state index in [1.165, 1.54) is 20.3 Å². The van der Waals surface area contributed by atoms with Crippen LogP contribution in [-0.2, 0) is 4.79 Å². The van der Waals surface area contributed by atoms with E-state index in [4.69, 9.17) is 9.47 Å². The number of amides is 2. The van der Waals surface area contributed by atoms with Gasteiger partial charge in [0.05, 0.1) is 24.8 Å². The number of ether oxygens (including phenoxy) is 2. The van der Waals surface area contributed by atoms with Gasteiger partial charge in [-0.1, -0.05) is 18.2 Å². The standard InChI is InChI=1S/C18H15NO5S/c1-23-14-6-4-3-5-12(14)19-17(21)16(25-18(19)22)10-11-7-8-13(20)15(9-11)24-2/h3-10,20H,1-2H3. The maximum absolute atomic E-state index is 12.7. The molecule has 0 radical (unpaired) electrons. The molecule has 1 fully saturated rings. The van der Waals surface area contributed by atoms with Gasteiger partial charge in [0.25, 0.3) is 11.1 Å². The summed E-state index contributed by atoms with van der Waals surface area (Å²) in [4.78, 5) is 26.4. The maximum atomic E-state index is 12.7. The monoisotopic (exact) mass is 357 g/mol. The van der Waals surface area contributed by atoms with Crippen LogP contribution in [0.2, 0.25) is 0 Å². The molecule has 2 aromatic rings. The number of phenolic OH excluding ortho intramolecular Hbond substituents is 1. The summed E-state index contributed by atoms with van der Waals surface area (Å²) in [5, 5.41) is 9.25. The summed E-state index contributed by atoms with van der Waals surface area (Å²) < 4.78 is 10.3. The molecule has 0 unspecified atom stereocenters. The Morgan fingerprint density at radius 2 is 1.76 bits per heavy atom. The molecule has 25 heavy (non-hydrogen) atoms. The molecule has 2 amide bonds. The van der Waals surface area contributed by atoms with Crippen LogP contribution in [0.25, 0.3) is 6.08 Å². The molecule has 1 aliphatic heterocycles. The molecular formula is C18H15NO5S. The predicted octanol–water partition coefficient (Wildman–Crippen LogP) is 3.65.